The molecule has 44 heavy (non-hydrogen) atoms. The molecule has 3 heterocycles. The third-order valence-corrected chi connectivity index (χ3v) is 8.33. The largest absolute Gasteiger partial charge is 0.462 e. The van der Waals surface area contributed by atoms with Gasteiger partial charge in [0.25, 0.3) is 5.56 Å². The molecule has 18 heteroatoms. The van der Waals surface area contributed by atoms with Crippen LogP contribution in [-0.4, -0.2) is 72.4 Å². The normalized spacial score (nSPS) is 23.7. The van der Waals surface area contributed by atoms with Gasteiger partial charge in [-0.05, 0) is 37.8 Å². The van der Waals surface area contributed by atoms with Crippen LogP contribution in [-0.2, 0) is 23.4 Å². The molecule has 1 saturated heterocycles. The molecule has 1 aliphatic heterocycles. The van der Waals surface area contributed by atoms with Crippen LogP contribution in [0.5, 0.6) is 5.75 Å². The molecule has 6 atom stereocenters. The van der Waals surface area contributed by atoms with Gasteiger partial charge in [0.2, 0.25) is 5.72 Å². The molecule has 0 radical (unpaired) electrons. The lowest BCUT2D eigenvalue weighted by Gasteiger charge is -2.30. The zero-order chi connectivity index (χ0) is 31.6. The first kappa shape index (κ1) is 31.1. The number of aromatic amines is 1. The number of fused-ring (bicyclic) bond motifs is 2. The van der Waals surface area contributed by atoms with Gasteiger partial charge in [-0.3, -0.25) is 18.7 Å². The third kappa shape index (κ3) is 6.02. The van der Waals surface area contributed by atoms with Crippen LogP contribution in [0, 0.1) is 0 Å². The second-order valence-electron chi connectivity index (χ2n) is 10.2. The molecule has 4 N–H and O–H groups in total. The molecular formula is C26H29N8O9P. The van der Waals surface area contributed by atoms with Gasteiger partial charge in [0, 0.05) is 10.3 Å². The first-order valence-electron chi connectivity index (χ1n) is 13.4. The molecule has 2 aromatic carbocycles. The Labute approximate surface area is 249 Å². The van der Waals surface area contributed by atoms with Crippen molar-refractivity contribution in [3.8, 4) is 5.75 Å². The van der Waals surface area contributed by atoms with Crippen molar-refractivity contribution in [2.45, 2.75) is 57.1 Å². The number of carbonyl (C=O) groups excluding carboxylic acids is 1. The molecule has 0 amide bonds. The fourth-order valence-corrected chi connectivity index (χ4v) is 6.18. The van der Waals surface area contributed by atoms with E-state index in [9.17, 15) is 29.9 Å². The number of H-pyrrole nitrogens is 1. The third-order valence-electron chi connectivity index (χ3n) is 6.72. The lowest BCUT2D eigenvalue weighted by Crippen LogP contribution is -2.45. The molecule has 0 aliphatic carbocycles. The van der Waals surface area contributed by atoms with Gasteiger partial charge in [0.15, 0.2) is 17.4 Å². The average molecular weight is 629 g/mol. The van der Waals surface area contributed by atoms with Crippen LogP contribution in [0.15, 0.2) is 65.0 Å². The Bertz CT molecular complexity index is 1840. The Kier molecular flexibility index (Phi) is 8.72. The summed E-state index contributed by atoms with van der Waals surface area (Å²) >= 11 is 0. The van der Waals surface area contributed by atoms with Gasteiger partial charge in [-0.25, -0.2) is 14.5 Å². The number of esters is 1. The Morgan fingerprint density at radius 2 is 2.00 bits per heavy atom. The lowest BCUT2D eigenvalue weighted by atomic mass is 10.1. The van der Waals surface area contributed by atoms with Crippen LogP contribution in [0.4, 0.5) is 0 Å². The fraction of sp³-hybridized carbons (Fsp3) is 0.385. The fourth-order valence-electron chi connectivity index (χ4n) is 4.65. The summed E-state index contributed by atoms with van der Waals surface area (Å²) in [6, 6.07) is 10.9. The van der Waals surface area contributed by atoms with Crippen LogP contribution < -0.4 is 15.2 Å². The maximum absolute atomic E-state index is 14.3. The number of aliphatic hydroxyl groups is 2. The Morgan fingerprint density at radius 1 is 1.25 bits per heavy atom. The number of carbonyl (C=O) groups is 1. The minimum atomic E-state index is -4.57. The monoisotopic (exact) mass is 628 g/mol. The highest BCUT2D eigenvalue weighted by Gasteiger charge is 2.56. The number of rotatable bonds is 11. The maximum atomic E-state index is 14.3. The number of benzene rings is 2. The molecule has 2 aromatic heterocycles. The van der Waals surface area contributed by atoms with E-state index < -0.39 is 62.2 Å². The van der Waals surface area contributed by atoms with Crippen molar-refractivity contribution >= 4 is 35.7 Å². The Morgan fingerprint density at radius 3 is 2.75 bits per heavy atom. The number of nitrogens with one attached hydrogen (secondary N) is 2. The quantitative estimate of drug-likeness (QED) is 0.0617. The van der Waals surface area contributed by atoms with Crippen LogP contribution in [0.1, 0.15) is 27.0 Å². The molecule has 0 saturated carbocycles. The zero-order valence-corrected chi connectivity index (χ0v) is 24.6. The number of ether oxygens (including phenoxy) is 2. The molecule has 1 aliphatic rings. The van der Waals surface area contributed by atoms with Gasteiger partial charge in [-0.1, -0.05) is 41.5 Å². The predicted molar refractivity (Wildman–Crippen MR) is 154 cm³/mol. The summed E-state index contributed by atoms with van der Waals surface area (Å²) in [6.45, 7) is 3.75. The van der Waals surface area contributed by atoms with Crippen molar-refractivity contribution in [3.05, 3.63) is 75.9 Å². The number of imidazole rings is 1. The van der Waals surface area contributed by atoms with E-state index in [1.807, 2.05) is 18.2 Å². The van der Waals surface area contributed by atoms with Crippen molar-refractivity contribution in [1.29, 1.82) is 0 Å². The summed E-state index contributed by atoms with van der Waals surface area (Å²) in [5, 5.41) is 29.4. The summed E-state index contributed by atoms with van der Waals surface area (Å²) in [5.74, 6) is -0.620. The van der Waals surface area contributed by atoms with Crippen molar-refractivity contribution < 1.29 is 38.1 Å². The number of hydrogen-bond acceptors (Lipinski definition) is 12. The van der Waals surface area contributed by atoms with Crippen molar-refractivity contribution in [2.24, 2.45) is 5.11 Å². The molecule has 1 fully saturated rings. The molecular weight excluding hydrogens is 599 g/mol. The number of azide groups is 1. The number of nitrogens with zero attached hydrogens (tertiary/aromatic N) is 6. The highest BCUT2D eigenvalue weighted by atomic mass is 31.2. The standard InChI is InChI=1S/C26H29N8O9P/c1-14(2)41-25(38)15(3)31-44(39,43-18-10-6-8-16-7-4-5-9-17(16)18)40-11-26(32-33-27)21(36)20(35)24(42-26)34-13-30-19-22(34)28-12-29-23(19)37/h4-10,12-15,20-21,24,35-36H,11H2,1-3H3,(H,31,39)(H,28,29,37)/t15-,20+,21-,24+,26?,44?/m0/s1. The molecule has 2 unspecified atom stereocenters. The second-order valence-corrected chi connectivity index (χ2v) is 11.9. The summed E-state index contributed by atoms with van der Waals surface area (Å²) in [5.41, 5.74) is 6.39. The minimum Gasteiger partial charge on any atom is -0.462 e. The summed E-state index contributed by atoms with van der Waals surface area (Å²) < 4.78 is 38.1. The van der Waals surface area contributed by atoms with Gasteiger partial charge >= 0.3 is 13.7 Å². The molecule has 0 bridgehead atoms. The second kappa shape index (κ2) is 12.3. The predicted octanol–water partition coefficient (Wildman–Crippen LogP) is 2.66. The number of aliphatic hydroxyl groups excluding tert-OH is 2. The first-order valence-corrected chi connectivity index (χ1v) is 14.9. The summed E-state index contributed by atoms with van der Waals surface area (Å²) in [6.07, 6.45) is -3.36. The van der Waals surface area contributed by atoms with E-state index in [2.05, 4.69) is 30.1 Å². The summed E-state index contributed by atoms with van der Waals surface area (Å²) in [4.78, 5) is 37.9. The van der Waals surface area contributed by atoms with Crippen LogP contribution in [0.25, 0.3) is 32.4 Å². The molecule has 0 spiro atoms. The van der Waals surface area contributed by atoms with Gasteiger partial charge in [-0.2, -0.15) is 5.09 Å². The van der Waals surface area contributed by atoms with Crippen molar-refractivity contribution in [1.82, 2.24) is 24.6 Å². The molecule has 17 nitrogen and oxygen atoms in total. The van der Waals surface area contributed by atoms with E-state index >= 15 is 0 Å². The number of aromatic nitrogens is 4. The molecule has 4 aromatic rings. The van der Waals surface area contributed by atoms with Gasteiger partial charge in [-0.15, -0.1) is 0 Å². The van der Waals surface area contributed by atoms with E-state index in [-0.39, 0.29) is 16.9 Å². The van der Waals surface area contributed by atoms with Gasteiger partial charge in [0.1, 0.15) is 24.0 Å². The van der Waals surface area contributed by atoms with E-state index in [0.717, 1.165) is 18.0 Å². The Balaban J connectivity index is 1.48. The van der Waals surface area contributed by atoms with E-state index in [0.29, 0.717) is 5.39 Å². The maximum Gasteiger partial charge on any atom is 0.459 e. The van der Waals surface area contributed by atoms with E-state index in [1.165, 1.54) is 11.5 Å². The zero-order valence-electron chi connectivity index (χ0n) is 23.7. The molecule has 5 rings (SSSR count). The van der Waals surface area contributed by atoms with E-state index in [1.54, 1.807) is 38.1 Å². The number of hydrogen-bond donors (Lipinski definition) is 4. The van der Waals surface area contributed by atoms with Crippen molar-refractivity contribution in [3.63, 3.8) is 0 Å². The van der Waals surface area contributed by atoms with Crippen LogP contribution >= 0.6 is 7.75 Å². The average Bonchev–Trinajstić information content (AvgIpc) is 3.52. The van der Waals surface area contributed by atoms with Crippen LogP contribution in [0.3, 0.4) is 0 Å². The van der Waals surface area contributed by atoms with E-state index in [4.69, 9.17) is 18.5 Å². The van der Waals surface area contributed by atoms with Gasteiger partial charge < -0.3 is 29.2 Å². The highest BCUT2D eigenvalue weighted by Crippen LogP contribution is 2.49. The SMILES string of the molecule is CC(C)OC(=O)[C@H](C)NP(=O)(OCC1(N=[N+]=[N-])O[C@@H](n2cnc3c(=O)[nH]cnc32)[C@H](O)[C@@H]1O)Oc1cccc2ccccc12. The topological polar surface area (TPSA) is 236 Å². The van der Waals surface area contributed by atoms with Crippen molar-refractivity contribution in [2.75, 3.05) is 6.61 Å². The smallest absolute Gasteiger partial charge is 0.459 e. The lowest BCUT2D eigenvalue weighted by molar-refractivity contribution is -0.149. The molecule has 232 valence electrons. The highest BCUT2D eigenvalue weighted by molar-refractivity contribution is 7.52. The van der Waals surface area contributed by atoms with Crippen LogP contribution in [0.2, 0.25) is 0 Å². The summed E-state index contributed by atoms with van der Waals surface area (Å²) in [7, 11) is -4.57. The minimum absolute atomic E-state index is 0.00627. The van der Waals surface area contributed by atoms with Gasteiger partial charge in [0.05, 0.1) is 25.4 Å². The Hall–Kier alpha value is -4.34. The first-order chi connectivity index (χ1) is 21.0.